The normalized spacial score (nSPS) is 16.2. The van der Waals surface area contributed by atoms with Crippen LogP contribution in [0, 0.1) is 0 Å². The first-order valence-corrected chi connectivity index (χ1v) is 9.01. The Balaban J connectivity index is 1.52. The van der Waals surface area contributed by atoms with E-state index in [0.29, 0.717) is 19.0 Å². The van der Waals surface area contributed by atoms with Crippen molar-refractivity contribution in [3.8, 4) is 11.5 Å². The molecule has 1 aliphatic heterocycles. The van der Waals surface area contributed by atoms with E-state index in [2.05, 4.69) is 4.90 Å². The van der Waals surface area contributed by atoms with E-state index in [1.807, 2.05) is 48.5 Å². The van der Waals surface area contributed by atoms with Gasteiger partial charge in [0.15, 0.2) is 11.5 Å². The molecule has 0 aromatic heterocycles. The van der Waals surface area contributed by atoms with Crippen LogP contribution in [-0.4, -0.2) is 23.6 Å². The maximum Gasteiger partial charge on any atom is 0.231 e. The van der Waals surface area contributed by atoms with Crippen LogP contribution >= 0.6 is 0 Å². The molecular weight excluding hydrogens is 314 g/mol. The second-order valence-corrected chi connectivity index (χ2v) is 6.81. The quantitative estimate of drug-likeness (QED) is 0.830. The van der Waals surface area contributed by atoms with Crippen LogP contribution in [0.1, 0.15) is 36.8 Å². The number of carbonyl (C=O) groups is 1. The van der Waals surface area contributed by atoms with Gasteiger partial charge in [0.25, 0.3) is 0 Å². The van der Waals surface area contributed by atoms with E-state index in [-0.39, 0.29) is 12.7 Å². The summed E-state index contributed by atoms with van der Waals surface area (Å²) < 4.78 is 10.9. The second-order valence-electron chi connectivity index (χ2n) is 6.81. The molecule has 1 aliphatic carbocycles. The van der Waals surface area contributed by atoms with E-state index >= 15 is 0 Å². The summed E-state index contributed by atoms with van der Waals surface area (Å²) in [7, 11) is 0. The highest BCUT2D eigenvalue weighted by molar-refractivity contribution is 5.79. The maximum absolute atomic E-state index is 13.0. The van der Waals surface area contributed by atoms with Crippen molar-refractivity contribution in [3.05, 3.63) is 59.7 Å². The van der Waals surface area contributed by atoms with Crippen LogP contribution in [0.4, 0.5) is 0 Å². The summed E-state index contributed by atoms with van der Waals surface area (Å²) in [6.07, 6.45) is 5.08. The molecule has 0 unspecified atom stereocenters. The first kappa shape index (κ1) is 16.0. The zero-order chi connectivity index (χ0) is 17.1. The fraction of sp³-hybridized carbons (Fsp3) is 0.381. The van der Waals surface area contributed by atoms with Gasteiger partial charge in [-0.3, -0.25) is 4.79 Å². The van der Waals surface area contributed by atoms with Gasteiger partial charge in [-0.2, -0.15) is 0 Å². The highest BCUT2D eigenvalue weighted by Crippen LogP contribution is 2.33. The predicted octanol–water partition coefficient (Wildman–Crippen LogP) is 3.93. The molecule has 1 heterocycles. The van der Waals surface area contributed by atoms with E-state index in [1.54, 1.807) is 0 Å². The molecule has 4 heteroatoms. The monoisotopic (exact) mass is 337 g/mol. The Morgan fingerprint density at radius 1 is 0.960 bits per heavy atom. The Morgan fingerprint density at radius 2 is 1.72 bits per heavy atom. The first-order chi connectivity index (χ1) is 12.3. The molecule has 2 aromatic carbocycles. The summed E-state index contributed by atoms with van der Waals surface area (Å²) >= 11 is 0. The van der Waals surface area contributed by atoms with E-state index < -0.39 is 0 Å². The van der Waals surface area contributed by atoms with Crippen molar-refractivity contribution in [2.24, 2.45) is 0 Å². The topological polar surface area (TPSA) is 38.8 Å². The zero-order valence-electron chi connectivity index (χ0n) is 14.3. The van der Waals surface area contributed by atoms with Crippen LogP contribution in [0.5, 0.6) is 11.5 Å². The van der Waals surface area contributed by atoms with Crippen molar-refractivity contribution in [3.63, 3.8) is 0 Å². The molecule has 1 amide bonds. The van der Waals surface area contributed by atoms with Crippen LogP contribution in [-0.2, 0) is 17.8 Å². The number of ether oxygens (including phenoxy) is 2. The Bertz CT molecular complexity index is 738. The number of hydrogen-bond donors (Lipinski definition) is 0. The van der Waals surface area contributed by atoms with Gasteiger partial charge in [-0.15, -0.1) is 0 Å². The lowest BCUT2D eigenvalue weighted by Crippen LogP contribution is -2.39. The lowest BCUT2D eigenvalue weighted by molar-refractivity contribution is -0.133. The number of hydrogen-bond acceptors (Lipinski definition) is 3. The predicted molar refractivity (Wildman–Crippen MR) is 95.5 cm³/mol. The first-order valence-electron chi connectivity index (χ1n) is 9.01. The standard InChI is InChI=1S/C21H23NO3/c23-21(13-16-6-2-1-3-7-16)22(18-8-4-5-9-18)14-17-10-11-19-20(12-17)25-15-24-19/h1-3,6-7,10-12,18H,4-5,8-9,13-15H2. The number of benzene rings is 2. The number of rotatable bonds is 5. The number of amides is 1. The number of carbonyl (C=O) groups excluding carboxylic acids is 1. The van der Waals surface area contributed by atoms with Crippen LogP contribution in [0.2, 0.25) is 0 Å². The summed E-state index contributed by atoms with van der Waals surface area (Å²) in [6, 6.07) is 16.3. The highest BCUT2D eigenvalue weighted by atomic mass is 16.7. The summed E-state index contributed by atoms with van der Waals surface area (Å²) in [6.45, 7) is 0.908. The van der Waals surface area contributed by atoms with Gasteiger partial charge in [0.2, 0.25) is 12.7 Å². The van der Waals surface area contributed by atoms with E-state index in [1.165, 1.54) is 12.8 Å². The van der Waals surface area contributed by atoms with Crippen LogP contribution in [0.25, 0.3) is 0 Å². The van der Waals surface area contributed by atoms with E-state index in [4.69, 9.17) is 9.47 Å². The minimum Gasteiger partial charge on any atom is -0.454 e. The third-order valence-corrected chi connectivity index (χ3v) is 5.07. The van der Waals surface area contributed by atoms with Crippen molar-refractivity contribution >= 4 is 5.91 Å². The average Bonchev–Trinajstić information content (AvgIpc) is 3.31. The molecule has 4 nitrogen and oxygen atoms in total. The van der Waals surface area contributed by atoms with E-state index in [9.17, 15) is 4.79 Å². The van der Waals surface area contributed by atoms with E-state index in [0.717, 1.165) is 35.5 Å². The third kappa shape index (κ3) is 3.63. The van der Waals surface area contributed by atoms with Crippen molar-refractivity contribution in [2.75, 3.05) is 6.79 Å². The van der Waals surface area contributed by atoms with Crippen molar-refractivity contribution < 1.29 is 14.3 Å². The molecule has 1 fully saturated rings. The summed E-state index contributed by atoms with van der Waals surface area (Å²) in [5, 5.41) is 0. The fourth-order valence-corrected chi connectivity index (χ4v) is 3.74. The van der Waals surface area contributed by atoms with Crippen LogP contribution in [0.15, 0.2) is 48.5 Å². The Hall–Kier alpha value is -2.49. The van der Waals surface area contributed by atoms with Crippen LogP contribution < -0.4 is 9.47 Å². The third-order valence-electron chi connectivity index (χ3n) is 5.07. The van der Waals surface area contributed by atoms with Gasteiger partial charge >= 0.3 is 0 Å². The second kappa shape index (κ2) is 7.18. The van der Waals surface area contributed by atoms with Gasteiger partial charge in [-0.1, -0.05) is 49.2 Å². The van der Waals surface area contributed by atoms with Gasteiger partial charge in [-0.25, -0.2) is 0 Å². The van der Waals surface area contributed by atoms with Gasteiger partial charge in [0, 0.05) is 12.6 Å². The Morgan fingerprint density at radius 3 is 2.52 bits per heavy atom. The van der Waals surface area contributed by atoms with Crippen LogP contribution in [0.3, 0.4) is 0 Å². The molecule has 0 saturated heterocycles. The lowest BCUT2D eigenvalue weighted by atomic mass is 10.1. The zero-order valence-corrected chi connectivity index (χ0v) is 14.3. The van der Waals surface area contributed by atoms with Gasteiger partial charge in [0.05, 0.1) is 6.42 Å². The number of nitrogens with zero attached hydrogens (tertiary/aromatic N) is 1. The molecule has 2 aliphatic rings. The largest absolute Gasteiger partial charge is 0.454 e. The molecule has 25 heavy (non-hydrogen) atoms. The molecule has 2 aromatic rings. The minimum atomic E-state index is 0.204. The Kier molecular flexibility index (Phi) is 4.59. The molecule has 0 spiro atoms. The van der Waals surface area contributed by atoms with Crippen molar-refractivity contribution in [1.29, 1.82) is 0 Å². The summed E-state index contributed by atoms with van der Waals surface area (Å²) in [5.74, 6) is 1.77. The van der Waals surface area contributed by atoms with Gasteiger partial charge in [-0.05, 0) is 36.1 Å². The molecule has 0 bridgehead atoms. The fourth-order valence-electron chi connectivity index (χ4n) is 3.74. The summed E-state index contributed by atoms with van der Waals surface area (Å²) in [5.41, 5.74) is 2.17. The minimum absolute atomic E-state index is 0.204. The van der Waals surface area contributed by atoms with Gasteiger partial charge < -0.3 is 14.4 Å². The number of fused-ring (bicyclic) bond motifs is 1. The highest BCUT2D eigenvalue weighted by Gasteiger charge is 2.27. The smallest absolute Gasteiger partial charge is 0.231 e. The molecule has 0 atom stereocenters. The van der Waals surface area contributed by atoms with Gasteiger partial charge in [0.1, 0.15) is 0 Å². The lowest BCUT2D eigenvalue weighted by Gasteiger charge is -2.29. The SMILES string of the molecule is O=C(Cc1ccccc1)N(Cc1ccc2c(c1)OCO2)C1CCCC1. The van der Waals surface area contributed by atoms with Crippen molar-refractivity contribution in [2.45, 2.75) is 44.7 Å². The molecule has 130 valence electrons. The summed E-state index contributed by atoms with van der Waals surface area (Å²) in [4.78, 5) is 15.1. The average molecular weight is 337 g/mol. The molecule has 1 saturated carbocycles. The molecule has 4 rings (SSSR count). The molecular formula is C21H23NO3. The Labute approximate surface area is 148 Å². The molecule has 0 N–H and O–H groups in total. The molecule has 0 radical (unpaired) electrons. The maximum atomic E-state index is 13.0. The van der Waals surface area contributed by atoms with Crippen molar-refractivity contribution in [1.82, 2.24) is 4.90 Å².